The lowest BCUT2D eigenvalue weighted by molar-refractivity contribution is 0.0334. The molecule has 2 aromatic rings. The summed E-state index contributed by atoms with van der Waals surface area (Å²) in [5.41, 5.74) is 2.22. The minimum absolute atomic E-state index is 0.334. The molecule has 1 aliphatic carbocycles. The Labute approximate surface area is 139 Å². The molecule has 24 heavy (non-hydrogen) atoms. The number of rotatable bonds is 3. The number of fused-ring (bicyclic) bond motifs is 2. The van der Waals surface area contributed by atoms with Crippen LogP contribution in [0.4, 0.5) is 0 Å². The first kappa shape index (κ1) is 14.5. The maximum atomic E-state index is 12.5. The Morgan fingerprint density at radius 1 is 1.12 bits per heavy atom. The van der Waals surface area contributed by atoms with Crippen LogP contribution in [0.1, 0.15) is 29.1 Å². The summed E-state index contributed by atoms with van der Waals surface area (Å²) < 4.78 is 11.1. The zero-order chi connectivity index (χ0) is 16.5. The molecule has 0 bridgehead atoms. The van der Waals surface area contributed by atoms with Crippen molar-refractivity contribution in [3.05, 3.63) is 78.3 Å². The van der Waals surface area contributed by atoms with Crippen molar-refractivity contribution in [2.45, 2.75) is 13.0 Å². The summed E-state index contributed by atoms with van der Waals surface area (Å²) >= 11 is 0. The molecule has 4 rings (SSSR count). The van der Waals surface area contributed by atoms with E-state index in [2.05, 4.69) is 4.98 Å². The van der Waals surface area contributed by atoms with Crippen LogP contribution in [0.2, 0.25) is 0 Å². The van der Waals surface area contributed by atoms with E-state index in [1.54, 1.807) is 12.5 Å². The van der Waals surface area contributed by atoms with Gasteiger partial charge in [0, 0.05) is 17.1 Å². The second-order valence-electron chi connectivity index (χ2n) is 5.65. The largest absolute Gasteiger partial charge is 0.464 e. The van der Waals surface area contributed by atoms with Gasteiger partial charge in [-0.05, 0) is 48.2 Å². The van der Waals surface area contributed by atoms with E-state index in [9.17, 15) is 4.79 Å². The van der Waals surface area contributed by atoms with Gasteiger partial charge in [0.1, 0.15) is 11.9 Å². The van der Waals surface area contributed by atoms with Gasteiger partial charge in [-0.3, -0.25) is 0 Å². The monoisotopic (exact) mass is 317 g/mol. The van der Waals surface area contributed by atoms with Crippen LogP contribution in [0.3, 0.4) is 0 Å². The second-order valence-corrected chi connectivity index (χ2v) is 5.65. The zero-order valence-corrected chi connectivity index (χ0v) is 13.1. The van der Waals surface area contributed by atoms with Gasteiger partial charge in [0.25, 0.3) is 0 Å². The number of hydrogen-bond donors (Lipinski definition) is 0. The molecule has 0 radical (unpaired) electrons. The number of esters is 1. The average molecular weight is 317 g/mol. The zero-order valence-electron chi connectivity index (χ0n) is 13.1. The lowest BCUT2D eigenvalue weighted by atomic mass is 10.1. The molecule has 2 heterocycles. The molecule has 4 nitrogen and oxygen atoms in total. The Morgan fingerprint density at radius 2 is 2.00 bits per heavy atom. The van der Waals surface area contributed by atoms with Gasteiger partial charge in [-0.15, -0.1) is 0 Å². The third-order valence-corrected chi connectivity index (χ3v) is 4.07. The number of nitrogens with zero attached hydrogens (tertiary/aromatic N) is 1. The standard InChI is InChI=1S/C20H15NO3/c1-13(16-11-15-6-4-10-23-18(15)12-16)24-20(22)19-17-7-3-2-5-14(17)8-9-21-19/h2-13H,1H3. The third kappa shape index (κ3) is 2.52. The highest BCUT2D eigenvalue weighted by Crippen LogP contribution is 2.31. The van der Waals surface area contributed by atoms with Crippen LogP contribution in [0, 0.1) is 0 Å². The van der Waals surface area contributed by atoms with Gasteiger partial charge in [0.2, 0.25) is 0 Å². The van der Waals surface area contributed by atoms with Crippen LogP contribution in [0.25, 0.3) is 22.1 Å². The number of aromatic nitrogens is 1. The van der Waals surface area contributed by atoms with Crippen molar-refractivity contribution in [2.24, 2.45) is 0 Å². The van der Waals surface area contributed by atoms with Crippen LogP contribution in [-0.4, -0.2) is 11.0 Å². The summed E-state index contributed by atoms with van der Waals surface area (Å²) in [4.78, 5) is 16.8. The van der Waals surface area contributed by atoms with Crippen molar-refractivity contribution in [1.29, 1.82) is 0 Å². The normalized spacial score (nSPS) is 12.4. The molecule has 0 amide bonds. The molecule has 1 aromatic heterocycles. The summed E-state index contributed by atoms with van der Waals surface area (Å²) in [6, 6.07) is 17.2. The van der Waals surface area contributed by atoms with Gasteiger partial charge in [-0.2, -0.15) is 0 Å². The first-order chi connectivity index (χ1) is 11.7. The number of benzene rings is 1. The summed E-state index contributed by atoms with van der Waals surface area (Å²) in [7, 11) is 0. The van der Waals surface area contributed by atoms with Gasteiger partial charge >= 0.3 is 5.97 Å². The van der Waals surface area contributed by atoms with Crippen LogP contribution in [0.15, 0.2) is 71.5 Å². The maximum Gasteiger partial charge on any atom is 0.358 e. The second kappa shape index (κ2) is 5.81. The van der Waals surface area contributed by atoms with Crippen molar-refractivity contribution in [3.8, 4) is 11.3 Å². The number of ether oxygens (including phenoxy) is 1. The van der Waals surface area contributed by atoms with Crippen LogP contribution < -0.4 is 0 Å². The Hall–Kier alpha value is -3.14. The molecular formula is C20H15NO3. The summed E-state index contributed by atoms with van der Waals surface area (Å²) in [6.45, 7) is 1.84. The van der Waals surface area contributed by atoms with Gasteiger partial charge in [-0.25, -0.2) is 9.78 Å². The van der Waals surface area contributed by atoms with E-state index in [0.29, 0.717) is 5.69 Å². The number of carbonyl (C=O) groups is 1. The first-order valence-electron chi connectivity index (χ1n) is 7.74. The highest BCUT2D eigenvalue weighted by atomic mass is 16.5. The maximum absolute atomic E-state index is 12.5. The van der Waals surface area contributed by atoms with Crippen molar-refractivity contribution in [3.63, 3.8) is 0 Å². The molecular weight excluding hydrogens is 302 g/mol. The molecule has 1 aromatic carbocycles. The molecule has 4 heteroatoms. The van der Waals surface area contributed by atoms with Gasteiger partial charge < -0.3 is 9.15 Å². The molecule has 2 aliphatic rings. The smallest absolute Gasteiger partial charge is 0.358 e. The Bertz CT molecular complexity index is 954. The topological polar surface area (TPSA) is 52.3 Å². The van der Waals surface area contributed by atoms with E-state index < -0.39 is 5.97 Å². The fourth-order valence-corrected chi connectivity index (χ4v) is 2.82. The highest BCUT2D eigenvalue weighted by molar-refractivity contribution is 6.02. The molecule has 1 unspecified atom stereocenters. The SMILES string of the molecule is CC(OC(=O)c1nccc2ccccc12)c1cc2cccoc-2c1. The minimum Gasteiger partial charge on any atom is -0.464 e. The number of pyridine rings is 1. The van der Waals surface area contributed by atoms with Gasteiger partial charge in [-0.1, -0.05) is 24.3 Å². The summed E-state index contributed by atoms with van der Waals surface area (Å²) in [6.07, 6.45) is 2.86. The minimum atomic E-state index is -0.429. The highest BCUT2D eigenvalue weighted by Gasteiger charge is 2.20. The number of hydrogen-bond acceptors (Lipinski definition) is 4. The lowest BCUT2D eigenvalue weighted by Gasteiger charge is -2.12. The summed E-state index contributed by atoms with van der Waals surface area (Å²) in [5, 5.41) is 1.75. The fraction of sp³-hybridized carbons (Fsp3) is 0.100. The van der Waals surface area contributed by atoms with E-state index in [1.165, 1.54) is 0 Å². The van der Waals surface area contributed by atoms with E-state index in [0.717, 1.165) is 27.7 Å². The van der Waals surface area contributed by atoms with Gasteiger partial charge in [0.05, 0.1) is 6.26 Å². The molecule has 118 valence electrons. The number of carbonyl (C=O) groups excluding carboxylic acids is 1. The van der Waals surface area contributed by atoms with E-state index in [4.69, 9.17) is 9.15 Å². The first-order valence-corrected chi connectivity index (χ1v) is 7.74. The Balaban J connectivity index is 1.62. The molecule has 1 atom stereocenters. The fourth-order valence-electron chi connectivity index (χ4n) is 2.82. The third-order valence-electron chi connectivity index (χ3n) is 4.07. The molecule has 0 N–H and O–H groups in total. The van der Waals surface area contributed by atoms with Crippen molar-refractivity contribution in [1.82, 2.24) is 4.98 Å². The molecule has 0 saturated heterocycles. The van der Waals surface area contributed by atoms with E-state index in [-0.39, 0.29) is 6.10 Å². The van der Waals surface area contributed by atoms with Crippen molar-refractivity contribution in [2.75, 3.05) is 0 Å². The van der Waals surface area contributed by atoms with Crippen molar-refractivity contribution < 1.29 is 13.9 Å². The summed E-state index contributed by atoms with van der Waals surface area (Å²) in [5.74, 6) is 0.347. The Morgan fingerprint density at radius 3 is 2.88 bits per heavy atom. The van der Waals surface area contributed by atoms with Gasteiger partial charge in [0.15, 0.2) is 5.69 Å². The lowest BCUT2D eigenvalue weighted by Crippen LogP contribution is -2.10. The molecule has 0 spiro atoms. The van der Waals surface area contributed by atoms with Crippen molar-refractivity contribution >= 4 is 16.7 Å². The average Bonchev–Trinajstić information content (AvgIpc) is 3.05. The van der Waals surface area contributed by atoms with Crippen LogP contribution in [0.5, 0.6) is 0 Å². The quantitative estimate of drug-likeness (QED) is 0.507. The molecule has 0 fully saturated rings. The predicted molar refractivity (Wildman–Crippen MR) is 90.9 cm³/mol. The van der Waals surface area contributed by atoms with Crippen LogP contribution in [-0.2, 0) is 4.74 Å². The predicted octanol–water partition coefficient (Wildman–Crippen LogP) is 4.85. The van der Waals surface area contributed by atoms with Crippen LogP contribution >= 0.6 is 0 Å². The van der Waals surface area contributed by atoms with E-state index in [1.807, 2.05) is 61.5 Å². The Kier molecular flexibility index (Phi) is 3.50. The van der Waals surface area contributed by atoms with E-state index >= 15 is 0 Å². The molecule has 0 saturated carbocycles. The molecule has 1 aliphatic heterocycles.